The molecule has 0 aliphatic rings. The van der Waals surface area contributed by atoms with Crippen molar-refractivity contribution in [3.63, 3.8) is 0 Å². The molecule has 44 heavy (non-hydrogen) atoms. The summed E-state index contributed by atoms with van der Waals surface area (Å²) in [5.74, 6) is 1.49. The third kappa shape index (κ3) is 6.01. The molecule has 0 amide bonds. The number of ether oxygens (including phenoxy) is 1. The Balaban J connectivity index is 1.23. The average molecular weight is 568 g/mol. The highest BCUT2D eigenvalue weighted by Crippen LogP contribution is 2.35. The van der Waals surface area contributed by atoms with Gasteiger partial charge in [-0.3, -0.25) is 4.98 Å². The lowest BCUT2D eigenvalue weighted by atomic mass is 9.99. The van der Waals surface area contributed by atoms with Gasteiger partial charge in [0.05, 0.1) is 17.1 Å². The summed E-state index contributed by atoms with van der Waals surface area (Å²) in [6.45, 7) is 0.488. The minimum absolute atomic E-state index is 0.488. The zero-order chi connectivity index (χ0) is 29.6. The SMILES string of the molecule is c1ccc(COc2ccc(-c3ccc(-c4nc(-c5ccccc5)cc(-c5ccccc5)n4)cc3)cc2-c2ccccn2)cc1. The van der Waals surface area contributed by atoms with Crippen LogP contribution >= 0.6 is 0 Å². The van der Waals surface area contributed by atoms with Gasteiger partial charge >= 0.3 is 0 Å². The van der Waals surface area contributed by atoms with Crippen LogP contribution < -0.4 is 4.74 Å². The highest BCUT2D eigenvalue weighted by atomic mass is 16.5. The van der Waals surface area contributed by atoms with Crippen LogP contribution in [0, 0.1) is 0 Å². The number of hydrogen-bond donors (Lipinski definition) is 0. The summed E-state index contributed by atoms with van der Waals surface area (Å²) in [4.78, 5) is 14.6. The zero-order valence-corrected chi connectivity index (χ0v) is 24.0. The van der Waals surface area contributed by atoms with E-state index in [0.29, 0.717) is 12.4 Å². The van der Waals surface area contributed by atoms with Gasteiger partial charge in [0.1, 0.15) is 12.4 Å². The van der Waals surface area contributed by atoms with Gasteiger partial charge in [-0.15, -0.1) is 0 Å². The molecule has 0 spiro atoms. The molecule has 7 aromatic rings. The summed E-state index contributed by atoms with van der Waals surface area (Å²) in [5, 5.41) is 0. The number of pyridine rings is 1. The molecule has 4 nitrogen and oxygen atoms in total. The Morgan fingerprint density at radius 3 is 1.61 bits per heavy atom. The maximum Gasteiger partial charge on any atom is 0.160 e. The van der Waals surface area contributed by atoms with E-state index in [-0.39, 0.29) is 0 Å². The van der Waals surface area contributed by atoms with E-state index in [2.05, 4.69) is 83.8 Å². The van der Waals surface area contributed by atoms with Gasteiger partial charge in [-0.2, -0.15) is 0 Å². The first-order valence-corrected chi connectivity index (χ1v) is 14.6. The molecule has 2 aromatic heterocycles. The first kappa shape index (κ1) is 27.0. The van der Waals surface area contributed by atoms with Crippen LogP contribution in [0.2, 0.25) is 0 Å². The predicted octanol–water partition coefficient (Wildman–Crippen LogP) is 9.79. The largest absolute Gasteiger partial charge is 0.488 e. The highest BCUT2D eigenvalue weighted by Gasteiger charge is 2.13. The van der Waals surface area contributed by atoms with Crippen LogP contribution in [0.4, 0.5) is 0 Å². The Kier molecular flexibility index (Phi) is 7.70. The number of nitrogens with zero attached hydrogens (tertiary/aromatic N) is 3. The predicted molar refractivity (Wildman–Crippen MR) is 178 cm³/mol. The van der Waals surface area contributed by atoms with Crippen molar-refractivity contribution in [2.24, 2.45) is 0 Å². The molecule has 0 unspecified atom stereocenters. The van der Waals surface area contributed by atoms with Crippen molar-refractivity contribution in [1.82, 2.24) is 15.0 Å². The molecular formula is C40H29N3O. The van der Waals surface area contributed by atoms with Crippen molar-refractivity contribution in [3.05, 3.63) is 169 Å². The van der Waals surface area contributed by atoms with Crippen molar-refractivity contribution in [2.45, 2.75) is 6.61 Å². The smallest absolute Gasteiger partial charge is 0.160 e. The normalized spacial score (nSPS) is 10.8. The molecule has 0 atom stereocenters. The van der Waals surface area contributed by atoms with Crippen LogP contribution in [0.5, 0.6) is 5.75 Å². The van der Waals surface area contributed by atoms with Crippen LogP contribution in [-0.2, 0) is 6.61 Å². The van der Waals surface area contributed by atoms with Gasteiger partial charge in [0.25, 0.3) is 0 Å². The van der Waals surface area contributed by atoms with Gasteiger partial charge in [-0.05, 0) is 47.0 Å². The number of rotatable bonds is 8. The van der Waals surface area contributed by atoms with Gasteiger partial charge in [0, 0.05) is 28.5 Å². The van der Waals surface area contributed by atoms with Gasteiger partial charge in [-0.25, -0.2) is 9.97 Å². The lowest BCUT2D eigenvalue weighted by Crippen LogP contribution is -1.98. The Labute approximate surface area is 257 Å². The molecule has 0 bridgehead atoms. The molecule has 0 saturated heterocycles. The Morgan fingerprint density at radius 1 is 0.432 bits per heavy atom. The molecular weight excluding hydrogens is 538 g/mol. The topological polar surface area (TPSA) is 47.9 Å². The number of benzene rings is 5. The van der Waals surface area contributed by atoms with E-state index < -0.39 is 0 Å². The second kappa shape index (κ2) is 12.6. The third-order valence-electron chi connectivity index (χ3n) is 7.50. The minimum atomic E-state index is 0.488. The fraction of sp³-hybridized carbons (Fsp3) is 0.0250. The standard InChI is InChI=1S/C40H29N3O/c1-4-12-29(13-5-1)28-44-39-24-23-34(26-35(39)36-18-10-11-25-41-36)30-19-21-33(22-20-30)40-42-37(31-14-6-2-7-15-31)27-38(43-40)32-16-8-3-9-17-32/h1-27H,28H2. The second-order valence-electron chi connectivity index (χ2n) is 10.5. The minimum Gasteiger partial charge on any atom is -0.488 e. The van der Waals surface area contributed by atoms with Gasteiger partial charge in [0.15, 0.2) is 5.82 Å². The fourth-order valence-corrected chi connectivity index (χ4v) is 5.19. The lowest BCUT2D eigenvalue weighted by Gasteiger charge is -2.14. The van der Waals surface area contributed by atoms with E-state index >= 15 is 0 Å². The highest BCUT2D eigenvalue weighted by molar-refractivity contribution is 5.78. The lowest BCUT2D eigenvalue weighted by molar-refractivity contribution is 0.307. The monoisotopic (exact) mass is 567 g/mol. The molecule has 210 valence electrons. The van der Waals surface area contributed by atoms with Gasteiger partial charge in [0.2, 0.25) is 0 Å². The van der Waals surface area contributed by atoms with E-state index in [0.717, 1.165) is 61.8 Å². The second-order valence-corrected chi connectivity index (χ2v) is 10.5. The molecule has 5 aromatic carbocycles. The van der Waals surface area contributed by atoms with Crippen molar-refractivity contribution in [1.29, 1.82) is 0 Å². The average Bonchev–Trinajstić information content (AvgIpc) is 3.12. The Bertz CT molecular complexity index is 1920. The molecule has 2 heterocycles. The third-order valence-corrected chi connectivity index (χ3v) is 7.50. The maximum absolute atomic E-state index is 6.28. The van der Waals surface area contributed by atoms with Crippen LogP contribution in [0.15, 0.2) is 164 Å². The molecule has 0 radical (unpaired) electrons. The van der Waals surface area contributed by atoms with Crippen LogP contribution in [0.3, 0.4) is 0 Å². The first-order valence-electron chi connectivity index (χ1n) is 14.6. The maximum atomic E-state index is 6.28. The van der Waals surface area contributed by atoms with Crippen molar-refractivity contribution in [2.75, 3.05) is 0 Å². The summed E-state index contributed by atoms with van der Waals surface area (Å²) in [6.07, 6.45) is 1.81. The summed E-state index contributed by atoms with van der Waals surface area (Å²) in [6, 6.07) is 53.4. The molecule has 0 saturated carbocycles. The van der Waals surface area contributed by atoms with Crippen molar-refractivity contribution >= 4 is 0 Å². The van der Waals surface area contributed by atoms with Crippen LogP contribution in [0.25, 0.3) is 56.3 Å². The summed E-state index contributed by atoms with van der Waals surface area (Å²) in [7, 11) is 0. The van der Waals surface area contributed by atoms with E-state index in [1.165, 1.54) is 0 Å². The van der Waals surface area contributed by atoms with Crippen molar-refractivity contribution in [3.8, 4) is 62.0 Å². The van der Waals surface area contributed by atoms with Gasteiger partial charge in [-0.1, -0.05) is 127 Å². The Morgan fingerprint density at radius 2 is 1.00 bits per heavy atom. The molecule has 0 aliphatic carbocycles. The number of aromatic nitrogens is 3. The number of hydrogen-bond acceptors (Lipinski definition) is 4. The van der Waals surface area contributed by atoms with Crippen LogP contribution in [-0.4, -0.2) is 15.0 Å². The summed E-state index contributed by atoms with van der Waals surface area (Å²) >= 11 is 0. The molecule has 0 N–H and O–H groups in total. The molecule has 0 fully saturated rings. The van der Waals surface area contributed by atoms with E-state index in [4.69, 9.17) is 14.7 Å². The fourth-order valence-electron chi connectivity index (χ4n) is 5.19. The van der Waals surface area contributed by atoms with E-state index in [1.54, 1.807) is 0 Å². The molecule has 7 rings (SSSR count). The van der Waals surface area contributed by atoms with Gasteiger partial charge < -0.3 is 4.74 Å². The zero-order valence-electron chi connectivity index (χ0n) is 24.0. The molecule has 0 aliphatic heterocycles. The van der Waals surface area contributed by atoms with E-state index in [9.17, 15) is 0 Å². The Hall–Kier alpha value is -5.87. The van der Waals surface area contributed by atoms with E-state index in [1.807, 2.05) is 85.1 Å². The van der Waals surface area contributed by atoms with Crippen molar-refractivity contribution < 1.29 is 4.74 Å². The summed E-state index contributed by atoms with van der Waals surface area (Å²) in [5.41, 5.74) is 9.96. The van der Waals surface area contributed by atoms with Crippen LogP contribution in [0.1, 0.15) is 5.56 Å². The first-order chi connectivity index (χ1) is 21.8. The molecule has 4 heteroatoms. The summed E-state index contributed by atoms with van der Waals surface area (Å²) < 4.78 is 6.28. The quantitative estimate of drug-likeness (QED) is 0.183.